The van der Waals surface area contributed by atoms with Gasteiger partial charge in [-0.2, -0.15) is 0 Å². The summed E-state index contributed by atoms with van der Waals surface area (Å²) in [7, 11) is 1.57. The highest BCUT2D eigenvalue weighted by Gasteiger charge is 2.17. The number of ether oxygens (including phenoxy) is 2. The highest BCUT2D eigenvalue weighted by Crippen LogP contribution is 2.27. The normalized spacial score (nSPS) is 10.6. The fourth-order valence-electron chi connectivity index (χ4n) is 2.03. The molecule has 5 nitrogen and oxygen atoms in total. The quantitative estimate of drug-likeness (QED) is 0.797. The van der Waals surface area contributed by atoms with Crippen molar-refractivity contribution in [1.82, 2.24) is 4.90 Å². The van der Waals surface area contributed by atoms with Crippen LogP contribution in [0.2, 0.25) is 0 Å². The second kappa shape index (κ2) is 8.52. The molecule has 0 saturated carbocycles. The predicted octanol–water partition coefficient (Wildman–Crippen LogP) is 2.00. The number of carbonyl (C=O) groups is 1. The number of hydrogen-bond donors (Lipinski definition) is 1. The molecule has 0 radical (unpaired) electrons. The van der Waals surface area contributed by atoms with Gasteiger partial charge in [0.2, 0.25) is 0 Å². The number of aliphatic hydroxyl groups excluding tert-OH is 1. The Morgan fingerprint density at radius 2 is 2.05 bits per heavy atom. The van der Waals surface area contributed by atoms with Gasteiger partial charge in [0.25, 0.3) is 5.91 Å². The van der Waals surface area contributed by atoms with Gasteiger partial charge in [0, 0.05) is 19.2 Å². The smallest absolute Gasteiger partial charge is 0.260 e. The van der Waals surface area contributed by atoms with Crippen LogP contribution in [0.1, 0.15) is 25.8 Å². The second-order valence-corrected chi connectivity index (χ2v) is 5.20. The number of methoxy groups -OCH3 is 1. The Morgan fingerprint density at radius 1 is 1.33 bits per heavy atom. The maximum atomic E-state index is 12.2. The number of nitrogens with zero attached hydrogens (tertiary/aromatic N) is 1. The zero-order valence-corrected chi connectivity index (χ0v) is 13.3. The maximum absolute atomic E-state index is 12.2. The first kappa shape index (κ1) is 17.3. The van der Waals surface area contributed by atoms with Gasteiger partial charge in [-0.3, -0.25) is 4.79 Å². The van der Waals surface area contributed by atoms with Crippen molar-refractivity contribution in [2.75, 3.05) is 26.9 Å². The molecular weight excluding hydrogens is 270 g/mol. The van der Waals surface area contributed by atoms with Crippen LogP contribution in [0.5, 0.6) is 11.5 Å². The van der Waals surface area contributed by atoms with Gasteiger partial charge in [-0.15, -0.1) is 0 Å². The SMILES string of the molecule is COc1cc(C)ccc1OCC(=O)N(CCCO)C(C)C. The van der Waals surface area contributed by atoms with Crippen LogP contribution in [-0.2, 0) is 4.79 Å². The zero-order chi connectivity index (χ0) is 15.8. The van der Waals surface area contributed by atoms with Gasteiger partial charge in [-0.1, -0.05) is 6.07 Å². The Hall–Kier alpha value is -1.75. The van der Waals surface area contributed by atoms with E-state index in [0.717, 1.165) is 5.56 Å². The van der Waals surface area contributed by atoms with Gasteiger partial charge < -0.3 is 19.5 Å². The minimum Gasteiger partial charge on any atom is -0.493 e. The third-order valence-corrected chi connectivity index (χ3v) is 3.17. The Balaban J connectivity index is 2.66. The fraction of sp³-hybridized carbons (Fsp3) is 0.562. The largest absolute Gasteiger partial charge is 0.493 e. The molecule has 0 atom stereocenters. The zero-order valence-electron chi connectivity index (χ0n) is 13.3. The van der Waals surface area contributed by atoms with Crippen LogP contribution in [0.4, 0.5) is 0 Å². The van der Waals surface area contributed by atoms with E-state index in [1.165, 1.54) is 0 Å². The highest BCUT2D eigenvalue weighted by molar-refractivity contribution is 5.78. The van der Waals surface area contributed by atoms with Gasteiger partial charge in [-0.25, -0.2) is 0 Å². The van der Waals surface area contributed by atoms with Gasteiger partial charge in [0.1, 0.15) is 0 Å². The van der Waals surface area contributed by atoms with Crippen molar-refractivity contribution >= 4 is 5.91 Å². The summed E-state index contributed by atoms with van der Waals surface area (Å²) in [5, 5.41) is 8.90. The molecule has 0 aliphatic heterocycles. The number of carbonyl (C=O) groups excluding carboxylic acids is 1. The molecule has 0 aliphatic carbocycles. The number of aliphatic hydroxyl groups is 1. The van der Waals surface area contributed by atoms with Crippen LogP contribution < -0.4 is 9.47 Å². The number of amides is 1. The molecule has 0 aromatic heterocycles. The highest BCUT2D eigenvalue weighted by atomic mass is 16.5. The fourth-order valence-corrected chi connectivity index (χ4v) is 2.03. The average Bonchev–Trinajstić information content (AvgIpc) is 2.45. The lowest BCUT2D eigenvalue weighted by atomic mass is 10.2. The van der Waals surface area contributed by atoms with Gasteiger partial charge >= 0.3 is 0 Å². The van der Waals surface area contributed by atoms with Crippen molar-refractivity contribution in [3.8, 4) is 11.5 Å². The Labute approximate surface area is 126 Å². The Kier molecular flexibility index (Phi) is 7.02. The van der Waals surface area contributed by atoms with Crippen molar-refractivity contribution < 1.29 is 19.4 Å². The summed E-state index contributed by atoms with van der Waals surface area (Å²) in [6, 6.07) is 5.65. The molecule has 5 heteroatoms. The number of aryl methyl sites for hydroxylation is 1. The molecule has 0 bridgehead atoms. The summed E-state index contributed by atoms with van der Waals surface area (Å²) in [5.74, 6) is 1.08. The average molecular weight is 295 g/mol. The molecule has 0 saturated heterocycles. The molecule has 0 unspecified atom stereocenters. The Bertz CT molecular complexity index is 460. The first-order valence-corrected chi connectivity index (χ1v) is 7.17. The monoisotopic (exact) mass is 295 g/mol. The molecule has 0 fully saturated rings. The van der Waals surface area contributed by atoms with Crippen molar-refractivity contribution in [3.63, 3.8) is 0 Å². The lowest BCUT2D eigenvalue weighted by Crippen LogP contribution is -2.40. The molecule has 21 heavy (non-hydrogen) atoms. The van der Waals surface area contributed by atoms with Crippen LogP contribution in [-0.4, -0.2) is 48.8 Å². The van der Waals surface area contributed by atoms with Crippen molar-refractivity contribution in [3.05, 3.63) is 23.8 Å². The van der Waals surface area contributed by atoms with Crippen LogP contribution >= 0.6 is 0 Å². The minimum absolute atomic E-state index is 0.0387. The molecule has 0 aliphatic rings. The van der Waals surface area contributed by atoms with Crippen LogP contribution in [0, 0.1) is 6.92 Å². The van der Waals surface area contributed by atoms with Gasteiger partial charge in [0.15, 0.2) is 18.1 Å². The predicted molar refractivity (Wildman–Crippen MR) is 81.8 cm³/mol. The summed E-state index contributed by atoms with van der Waals surface area (Å²) >= 11 is 0. The van der Waals surface area contributed by atoms with Crippen molar-refractivity contribution in [2.24, 2.45) is 0 Å². The summed E-state index contributed by atoms with van der Waals surface area (Å²) in [5.41, 5.74) is 1.07. The molecule has 1 rings (SSSR count). The van der Waals surface area contributed by atoms with E-state index in [1.807, 2.05) is 32.9 Å². The summed E-state index contributed by atoms with van der Waals surface area (Å²) in [4.78, 5) is 13.9. The third kappa shape index (κ3) is 5.27. The Morgan fingerprint density at radius 3 is 2.62 bits per heavy atom. The molecule has 1 aromatic rings. The van der Waals surface area contributed by atoms with Gasteiger partial charge in [0.05, 0.1) is 7.11 Å². The van der Waals surface area contributed by atoms with Crippen molar-refractivity contribution in [2.45, 2.75) is 33.2 Å². The van der Waals surface area contributed by atoms with E-state index in [4.69, 9.17) is 14.6 Å². The summed E-state index contributed by atoms with van der Waals surface area (Å²) < 4.78 is 10.8. The topological polar surface area (TPSA) is 59.0 Å². The number of rotatable bonds is 8. The molecule has 1 amide bonds. The number of benzene rings is 1. The van der Waals surface area contributed by atoms with Gasteiger partial charge in [-0.05, 0) is 44.9 Å². The second-order valence-electron chi connectivity index (χ2n) is 5.20. The molecule has 1 N–H and O–H groups in total. The van der Waals surface area contributed by atoms with E-state index in [0.29, 0.717) is 24.5 Å². The van der Waals surface area contributed by atoms with Crippen LogP contribution in [0.25, 0.3) is 0 Å². The standard InChI is InChI=1S/C16H25NO4/c1-12(2)17(8-5-9-18)16(19)11-21-14-7-6-13(3)10-15(14)20-4/h6-7,10,12,18H,5,8-9,11H2,1-4H3. The summed E-state index contributed by atoms with van der Waals surface area (Å²) in [6.07, 6.45) is 0.567. The van der Waals surface area contributed by atoms with E-state index in [1.54, 1.807) is 18.1 Å². The van der Waals surface area contributed by atoms with E-state index in [-0.39, 0.29) is 25.2 Å². The lowest BCUT2D eigenvalue weighted by Gasteiger charge is -2.26. The van der Waals surface area contributed by atoms with E-state index < -0.39 is 0 Å². The minimum atomic E-state index is -0.0962. The third-order valence-electron chi connectivity index (χ3n) is 3.17. The van der Waals surface area contributed by atoms with Crippen LogP contribution in [0.15, 0.2) is 18.2 Å². The van der Waals surface area contributed by atoms with Crippen LogP contribution in [0.3, 0.4) is 0 Å². The first-order valence-electron chi connectivity index (χ1n) is 7.17. The molecule has 0 spiro atoms. The molecular formula is C16H25NO4. The van der Waals surface area contributed by atoms with E-state index in [2.05, 4.69) is 0 Å². The van der Waals surface area contributed by atoms with E-state index in [9.17, 15) is 4.79 Å². The lowest BCUT2D eigenvalue weighted by molar-refractivity contribution is -0.135. The molecule has 0 heterocycles. The van der Waals surface area contributed by atoms with E-state index >= 15 is 0 Å². The first-order chi connectivity index (χ1) is 9.99. The maximum Gasteiger partial charge on any atom is 0.260 e. The number of hydrogen-bond acceptors (Lipinski definition) is 4. The summed E-state index contributed by atoms with van der Waals surface area (Å²) in [6.45, 7) is 6.42. The molecule has 1 aromatic carbocycles. The molecule has 118 valence electrons. The van der Waals surface area contributed by atoms with Crippen molar-refractivity contribution in [1.29, 1.82) is 0 Å².